The van der Waals surface area contributed by atoms with Crippen LogP contribution in [-0.4, -0.2) is 20.1 Å². The van der Waals surface area contributed by atoms with Crippen LogP contribution >= 0.6 is 11.6 Å². The molecule has 1 aromatic heterocycles. The van der Waals surface area contributed by atoms with Crippen molar-refractivity contribution in [3.8, 4) is 11.5 Å². The first-order valence-electron chi connectivity index (χ1n) is 7.28. The molecule has 1 amide bonds. The van der Waals surface area contributed by atoms with Gasteiger partial charge in [-0.05, 0) is 30.3 Å². The summed E-state index contributed by atoms with van der Waals surface area (Å²) in [7, 11) is 3.01. The summed E-state index contributed by atoms with van der Waals surface area (Å²) < 4.78 is 15.3. The van der Waals surface area contributed by atoms with Crippen LogP contribution in [0.15, 0.2) is 51.7 Å². The molecule has 1 N–H and O–H groups in total. The van der Waals surface area contributed by atoms with E-state index in [0.29, 0.717) is 27.6 Å². The van der Waals surface area contributed by atoms with Gasteiger partial charge in [-0.2, -0.15) is 0 Å². The summed E-state index contributed by atoms with van der Waals surface area (Å²) in [5.74, 6) is 0.567. The van der Waals surface area contributed by atoms with Gasteiger partial charge >= 0.3 is 5.63 Å². The summed E-state index contributed by atoms with van der Waals surface area (Å²) in [6, 6.07) is 10.9. The summed E-state index contributed by atoms with van der Waals surface area (Å²) in [4.78, 5) is 24.4. The lowest BCUT2D eigenvalue weighted by atomic mass is 10.1. The van der Waals surface area contributed by atoms with Crippen molar-refractivity contribution >= 4 is 34.2 Å². The molecule has 0 aliphatic carbocycles. The molecule has 2 aromatic carbocycles. The third-order valence-corrected chi connectivity index (χ3v) is 3.90. The zero-order valence-corrected chi connectivity index (χ0v) is 14.2. The Hall–Kier alpha value is -2.99. The van der Waals surface area contributed by atoms with E-state index in [-0.39, 0.29) is 11.1 Å². The molecular weight excluding hydrogens is 346 g/mol. The average molecular weight is 360 g/mol. The lowest BCUT2D eigenvalue weighted by molar-refractivity contribution is 0.102. The van der Waals surface area contributed by atoms with E-state index in [2.05, 4.69) is 5.32 Å². The summed E-state index contributed by atoms with van der Waals surface area (Å²) >= 11 is 6.06. The van der Waals surface area contributed by atoms with Gasteiger partial charge in [0.2, 0.25) is 0 Å². The third-order valence-electron chi connectivity index (χ3n) is 3.61. The van der Waals surface area contributed by atoms with Crippen molar-refractivity contribution in [3.63, 3.8) is 0 Å². The van der Waals surface area contributed by atoms with Crippen LogP contribution in [-0.2, 0) is 0 Å². The highest BCUT2D eigenvalue weighted by atomic mass is 35.5. The van der Waals surface area contributed by atoms with E-state index in [1.165, 1.54) is 14.2 Å². The Morgan fingerprint density at radius 1 is 1.08 bits per heavy atom. The molecular formula is C18H14ClNO5. The van der Waals surface area contributed by atoms with Crippen LogP contribution in [0.3, 0.4) is 0 Å². The van der Waals surface area contributed by atoms with Gasteiger partial charge in [-0.1, -0.05) is 11.6 Å². The average Bonchev–Trinajstić information content (AvgIpc) is 2.60. The van der Waals surface area contributed by atoms with Gasteiger partial charge in [0.05, 0.1) is 24.8 Å². The van der Waals surface area contributed by atoms with E-state index in [9.17, 15) is 9.59 Å². The van der Waals surface area contributed by atoms with E-state index >= 15 is 0 Å². The quantitative estimate of drug-likeness (QED) is 0.718. The van der Waals surface area contributed by atoms with Crippen LogP contribution in [0, 0.1) is 0 Å². The largest absolute Gasteiger partial charge is 0.497 e. The van der Waals surface area contributed by atoms with Crippen molar-refractivity contribution < 1.29 is 18.7 Å². The molecule has 0 saturated carbocycles. The Morgan fingerprint density at radius 3 is 2.56 bits per heavy atom. The Bertz CT molecular complexity index is 1010. The number of ether oxygens (including phenoxy) is 2. The molecule has 7 heteroatoms. The van der Waals surface area contributed by atoms with Gasteiger partial charge in [0.1, 0.15) is 17.1 Å². The van der Waals surface area contributed by atoms with Crippen molar-refractivity contribution in [3.05, 3.63) is 63.5 Å². The number of amides is 1. The predicted molar refractivity (Wildman–Crippen MR) is 95.0 cm³/mol. The molecule has 0 radical (unpaired) electrons. The minimum Gasteiger partial charge on any atom is -0.497 e. The number of methoxy groups -OCH3 is 2. The van der Waals surface area contributed by atoms with Gasteiger partial charge in [0.15, 0.2) is 0 Å². The second-order valence-electron chi connectivity index (χ2n) is 5.14. The number of hydrogen-bond acceptors (Lipinski definition) is 5. The monoisotopic (exact) mass is 359 g/mol. The number of nitrogens with one attached hydrogen (secondary N) is 1. The summed E-state index contributed by atoms with van der Waals surface area (Å²) in [5, 5.41) is 3.57. The number of anilines is 1. The van der Waals surface area contributed by atoms with Gasteiger partial charge in [0, 0.05) is 23.2 Å². The lowest BCUT2D eigenvalue weighted by Gasteiger charge is -2.10. The van der Waals surface area contributed by atoms with Gasteiger partial charge in [-0.3, -0.25) is 4.79 Å². The van der Waals surface area contributed by atoms with E-state index in [1.54, 1.807) is 36.4 Å². The van der Waals surface area contributed by atoms with Crippen LogP contribution in [0.2, 0.25) is 5.02 Å². The number of hydrogen-bond donors (Lipinski definition) is 1. The molecule has 3 rings (SSSR count). The van der Waals surface area contributed by atoms with E-state index < -0.39 is 11.5 Å². The predicted octanol–water partition coefficient (Wildman–Crippen LogP) is 3.72. The van der Waals surface area contributed by atoms with Crippen LogP contribution in [0.1, 0.15) is 10.4 Å². The highest BCUT2D eigenvalue weighted by molar-refractivity contribution is 6.32. The molecule has 0 spiro atoms. The van der Waals surface area contributed by atoms with Gasteiger partial charge in [0.25, 0.3) is 5.91 Å². The number of rotatable bonds is 4. The minimum atomic E-state index is -0.626. The molecule has 3 aromatic rings. The van der Waals surface area contributed by atoms with E-state index in [1.807, 2.05) is 0 Å². The first kappa shape index (κ1) is 16.9. The van der Waals surface area contributed by atoms with Crippen LogP contribution in [0.4, 0.5) is 5.69 Å². The van der Waals surface area contributed by atoms with Gasteiger partial charge < -0.3 is 19.2 Å². The third kappa shape index (κ3) is 3.44. The smallest absolute Gasteiger partial charge is 0.337 e. The molecule has 25 heavy (non-hydrogen) atoms. The highest BCUT2D eigenvalue weighted by Crippen LogP contribution is 2.28. The maximum absolute atomic E-state index is 12.6. The van der Waals surface area contributed by atoms with Crippen molar-refractivity contribution in [2.24, 2.45) is 0 Å². The maximum Gasteiger partial charge on any atom is 0.337 e. The molecule has 0 fully saturated rings. The second-order valence-corrected chi connectivity index (χ2v) is 5.55. The zero-order valence-electron chi connectivity index (χ0n) is 13.5. The Balaban J connectivity index is 1.99. The summed E-state index contributed by atoms with van der Waals surface area (Å²) in [5.41, 5.74) is 0.315. The standard InChI is InChI=1S/C18H14ClNO5/c1-23-11-4-5-12-13(9-17(21)25-16(12)8-11)18(22)20-10-3-6-15(24-2)14(19)7-10/h3-9H,1-2H3,(H,20,22). The molecule has 0 aliphatic heterocycles. The van der Waals surface area contributed by atoms with Crippen LogP contribution in [0.5, 0.6) is 11.5 Å². The number of fused-ring (bicyclic) bond motifs is 1. The lowest BCUT2D eigenvalue weighted by Crippen LogP contribution is -2.15. The number of benzene rings is 2. The fourth-order valence-corrected chi connectivity index (χ4v) is 2.66. The zero-order chi connectivity index (χ0) is 18.0. The molecule has 0 unspecified atom stereocenters. The van der Waals surface area contributed by atoms with Crippen LogP contribution < -0.4 is 20.4 Å². The molecule has 6 nitrogen and oxygen atoms in total. The normalized spacial score (nSPS) is 10.5. The molecule has 0 saturated heterocycles. The first-order chi connectivity index (χ1) is 12.0. The van der Waals surface area contributed by atoms with E-state index in [4.69, 9.17) is 25.5 Å². The Kier molecular flexibility index (Phi) is 4.63. The molecule has 0 atom stereocenters. The topological polar surface area (TPSA) is 77.8 Å². The fourth-order valence-electron chi connectivity index (χ4n) is 2.40. The molecule has 128 valence electrons. The van der Waals surface area contributed by atoms with Gasteiger partial charge in [-0.25, -0.2) is 4.79 Å². The van der Waals surface area contributed by atoms with Crippen LogP contribution in [0.25, 0.3) is 11.0 Å². The van der Waals surface area contributed by atoms with Crippen molar-refractivity contribution in [2.75, 3.05) is 19.5 Å². The SMILES string of the molecule is COc1ccc2c(C(=O)Nc3ccc(OC)c(Cl)c3)cc(=O)oc2c1. The Labute approximate surface area is 147 Å². The van der Waals surface area contributed by atoms with E-state index in [0.717, 1.165) is 6.07 Å². The summed E-state index contributed by atoms with van der Waals surface area (Å²) in [6.45, 7) is 0. The summed E-state index contributed by atoms with van der Waals surface area (Å²) in [6.07, 6.45) is 0. The van der Waals surface area contributed by atoms with Gasteiger partial charge in [-0.15, -0.1) is 0 Å². The second kappa shape index (κ2) is 6.86. The van der Waals surface area contributed by atoms with Crippen molar-refractivity contribution in [1.29, 1.82) is 0 Å². The number of halogens is 1. The molecule has 1 heterocycles. The highest BCUT2D eigenvalue weighted by Gasteiger charge is 2.15. The molecule has 0 bridgehead atoms. The molecule has 0 aliphatic rings. The van der Waals surface area contributed by atoms with Crippen molar-refractivity contribution in [2.45, 2.75) is 0 Å². The minimum absolute atomic E-state index is 0.195. The fraction of sp³-hybridized carbons (Fsp3) is 0.111. The number of carbonyl (C=O) groups excluding carboxylic acids is 1. The Morgan fingerprint density at radius 2 is 1.88 bits per heavy atom. The first-order valence-corrected chi connectivity index (χ1v) is 7.66. The maximum atomic E-state index is 12.6. The van der Waals surface area contributed by atoms with Crippen molar-refractivity contribution in [1.82, 2.24) is 0 Å². The number of carbonyl (C=O) groups is 1.